The molecule has 2 aliphatic heterocycles. The molecule has 2 saturated heterocycles. The van der Waals surface area contributed by atoms with E-state index < -0.39 is 0 Å². The Morgan fingerprint density at radius 2 is 1.81 bits per heavy atom. The number of carbonyl (C=O) groups excluding carboxylic acids is 2. The molecule has 3 atom stereocenters. The number of nitrogens with one attached hydrogen (secondary N) is 2. The van der Waals surface area contributed by atoms with Crippen LogP contribution in [0.4, 0.5) is 0 Å². The van der Waals surface area contributed by atoms with Crippen molar-refractivity contribution in [3.05, 3.63) is 90.1 Å². The topological polar surface area (TPSA) is 86.9 Å². The van der Waals surface area contributed by atoms with Crippen LogP contribution in [0.2, 0.25) is 0 Å². The van der Waals surface area contributed by atoms with Crippen LogP contribution < -0.4 is 10.1 Å². The minimum Gasteiger partial charge on any atom is -0.494 e. The number of nitrogens with zero attached hydrogens (tertiary/aromatic N) is 2. The van der Waals surface area contributed by atoms with Gasteiger partial charge >= 0.3 is 5.97 Å². The molecule has 1 aliphatic carbocycles. The monoisotopic (exact) mass is 634 g/mol. The summed E-state index contributed by atoms with van der Waals surface area (Å²) >= 11 is 0. The summed E-state index contributed by atoms with van der Waals surface area (Å²) in [5, 5.41) is 4.72. The van der Waals surface area contributed by atoms with Gasteiger partial charge in [0, 0.05) is 42.8 Å². The Balaban J connectivity index is 0.995. The molecule has 4 aromatic rings. The molecule has 1 unspecified atom stereocenters. The summed E-state index contributed by atoms with van der Waals surface area (Å²) in [5.41, 5.74) is 5.83. The second-order valence-corrected chi connectivity index (χ2v) is 13.3. The molecule has 1 amide bonds. The van der Waals surface area contributed by atoms with Gasteiger partial charge in [0.1, 0.15) is 11.8 Å². The van der Waals surface area contributed by atoms with E-state index >= 15 is 0 Å². The zero-order valence-corrected chi connectivity index (χ0v) is 27.3. The van der Waals surface area contributed by atoms with E-state index in [0.29, 0.717) is 25.7 Å². The molecule has 3 heterocycles. The maximum atomic E-state index is 14.3. The highest BCUT2D eigenvalue weighted by molar-refractivity contribution is 5.85. The quantitative estimate of drug-likeness (QED) is 0.144. The predicted molar refractivity (Wildman–Crippen MR) is 184 cm³/mol. The van der Waals surface area contributed by atoms with E-state index in [4.69, 9.17) is 9.47 Å². The summed E-state index contributed by atoms with van der Waals surface area (Å²) in [6.07, 6.45) is 7.94. The highest BCUT2D eigenvalue weighted by Crippen LogP contribution is 2.38. The fourth-order valence-corrected chi connectivity index (χ4v) is 7.60. The zero-order chi connectivity index (χ0) is 32.2. The third kappa shape index (κ3) is 7.09. The van der Waals surface area contributed by atoms with Crippen LogP contribution in [0.25, 0.3) is 22.0 Å². The van der Waals surface area contributed by atoms with E-state index in [0.717, 1.165) is 80.6 Å². The summed E-state index contributed by atoms with van der Waals surface area (Å²) in [5.74, 6) is 1.06. The summed E-state index contributed by atoms with van der Waals surface area (Å²) in [6.45, 7) is 4.63. The standard InChI is InChI=1S/C39H46N4O4/c1-46-39(45)37-11-5-20-42(37)21-6-22-47-32-16-12-27(13-17-32)28-7-4-8-29(23-28)33-18-19-40-25-35(33)38(44)43(31-14-15-31)26-30-24-41-36-10-3-2-9-34(30)36/h2-4,7-10,12-13,16-17,23-24,31,33,35,37,40-41H,5-6,11,14-15,18-22,25-26H2,1H3/t33-,35+,37?/m1/s1. The third-order valence-electron chi connectivity index (χ3n) is 10.3. The Morgan fingerprint density at radius 1 is 0.957 bits per heavy atom. The van der Waals surface area contributed by atoms with Crippen LogP contribution in [0.1, 0.15) is 55.6 Å². The third-order valence-corrected chi connectivity index (χ3v) is 10.3. The molecule has 3 fully saturated rings. The first kappa shape index (κ1) is 31.5. The molecular weight excluding hydrogens is 588 g/mol. The largest absolute Gasteiger partial charge is 0.494 e. The number of H-pyrrole nitrogens is 1. The van der Waals surface area contributed by atoms with Crippen LogP contribution in [-0.2, 0) is 20.9 Å². The molecule has 0 bridgehead atoms. The van der Waals surface area contributed by atoms with E-state index in [2.05, 4.69) is 80.9 Å². The number of amides is 1. The normalized spacial score (nSPS) is 21.5. The first-order chi connectivity index (χ1) is 23.1. The highest BCUT2D eigenvalue weighted by atomic mass is 16.5. The van der Waals surface area contributed by atoms with Crippen molar-refractivity contribution in [2.75, 3.05) is 39.9 Å². The van der Waals surface area contributed by atoms with Gasteiger partial charge in [-0.25, -0.2) is 0 Å². The number of benzene rings is 3. The number of rotatable bonds is 12. The van der Waals surface area contributed by atoms with Gasteiger partial charge < -0.3 is 24.7 Å². The van der Waals surface area contributed by atoms with Crippen LogP contribution in [0.15, 0.2) is 79.0 Å². The number of fused-ring (bicyclic) bond motifs is 1. The number of piperidine rings is 1. The van der Waals surface area contributed by atoms with Crippen LogP contribution in [-0.4, -0.2) is 78.6 Å². The highest BCUT2D eigenvalue weighted by Gasteiger charge is 2.40. The molecule has 0 radical (unpaired) electrons. The lowest BCUT2D eigenvalue weighted by molar-refractivity contribution is -0.145. The van der Waals surface area contributed by atoms with Gasteiger partial charge in [-0.2, -0.15) is 0 Å². The molecule has 3 aromatic carbocycles. The lowest BCUT2D eigenvalue weighted by Gasteiger charge is -2.36. The number of hydrogen-bond acceptors (Lipinski definition) is 6. The first-order valence-electron chi connectivity index (χ1n) is 17.3. The molecule has 2 N–H and O–H groups in total. The van der Waals surface area contributed by atoms with Gasteiger partial charge in [-0.3, -0.25) is 14.5 Å². The molecule has 1 saturated carbocycles. The number of hydrogen-bond donors (Lipinski definition) is 2. The van der Waals surface area contributed by atoms with Crippen molar-refractivity contribution < 1.29 is 19.1 Å². The SMILES string of the molecule is COC(=O)C1CCCN1CCCOc1ccc(-c2cccc([C@H]3CCNC[C@@H]3C(=O)N(Cc3c[nH]c4ccccc34)C3CC3)c2)cc1. The molecular formula is C39H46N4O4. The number of carbonyl (C=O) groups is 2. The van der Waals surface area contributed by atoms with Gasteiger partial charge in [-0.05, 0) is 98.0 Å². The summed E-state index contributed by atoms with van der Waals surface area (Å²) in [7, 11) is 1.46. The summed E-state index contributed by atoms with van der Waals surface area (Å²) < 4.78 is 11.0. The van der Waals surface area contributed by atoms with Crippen LogP contribution in [0.3, 0.4) is 0 Å². The number of aromatic amines is 1. The van der Waals surface area contributed by atoms with Gasteiger partial charge in [0.15, 0.2) is 0 Å². The minimum atomic E-state index is -0.132. The number of ether oxygens (including phenoxy) is 2. The van der Waals surface area contributed by atoms with Gasteiger partial charge in [0.05, 0.1) is 19.6 Å². The number of methoxy groups -OCH3 is 1. The second kappa shape index (κ2) is 14.3. The lowest BCUT2D eigenvalue weighted by Crippen LogP contribution is -2.47. The molecule has 246 valence electrons. The summed E-state index contributed by atoms with van der Waals surface area (Å²) in [6, 6.07) is 25.6. The Morgan fingerprint density at radius 3 is 2.64 bits per heavy atom. The first-order valence-corrected chi connectivity index (χ1v) is 17.3. The van der Waals surface area contributed by atoms with Crippen LogP contribution in [0, 0.1) is 5.92 Å². The van der Waals surface area contributed by atoms with Crippen molar-refractivity contribution >= 4 is 22.8 Å². The Hall–Kier alpha value is -4.14. The maximum Gasteiger partial charge on any atom is 0.323 e. The maximum absolute atomic E-state index is 14.3. The Bertz CT molecular complexity index is 1680. The molecule has 47 heavy (non-hydrogen) atoms. The average Bonchev–Trinajstić information content (AvgIpc) is 3.72. The smallest absolute Gasteiger partial charge is 0.323 e. The molecule has 8 nitrogen and oxygen atoms in total. The van der Waals surface area contributed by atoms with Gasteiger partial charge in [-0.1, -0.05) is 54.6 Å². The zero-order valence-electron chi connectivity index (χ0n) is 27.3. The summed E-state index contributed by atoms with van der Waals surface area (Å²) in [4.78, 5) is 34.1. The van der Waals surface area contributed by atoms with Crippen molar-refractivity contribution in [1.82, 2.24) is 20.1 Å². The van der Waals surface area contributed by atoms with E-state index in [1.54, 1.807) is 0 Å². The number of para-hydroxylation sites is 1. The van der Waals surface area contributed by atoms with Crippen molar-refractivity contribution in [2.24, 2.45) is 5.92 Å². The molecule has 8 heteroatoms. The van der Waals surface area contributed by atoms with E-state index in [1.165, 1.54) is 23.6 Å². The van der Waals surface area contributed by atoms with Crippen molar-refractivity contribution in [3.63, 3.8) is 0 Å². The average molecular weight is 635 g/mol. The number of likely N-dealkylation sites (tertiary alicyclic amines) is 1. The molecule has 1 aromatic heterocycles. The van der Waals surface area contributed by atoms with E-state index in [9.17, 15) is 9.59 Å². The van der Waals surface area contributed by atoms with E-state index in [-0.39, 0.29) is 29.8 Å². The predicted octanol–water partition coefficient (Wildman–Crippen LogP) is 6.13. The molecule has 3 aliphatic rings. The Labute approximate surface area is 277 Å². The van der Waals surface area contributed by atoms with E-state index in [1.807, 2.05) is 18.2 Å². The van der Waals surface area contributed by atoms with Gasteiger partial charge in [-0.15, -0.1) is 0 Å². The molecule has 0 spiro atoms. The Kier molecular flexibility index (Phi) is 9.58. The molecule has 7 rings (SSSR count). The van der Waals surface area contributed by atoms with Crippen LogP contribution in [0.5, 0.6) is 5.75 Å². The fraction of sp³-hybridized carbons (Fsp3) is 0.436. The fourth-order valence-electron chi connectivity index (χ4n) is 7.60. The van der Waals surface area contributed by atoms with Crippen molar-refractivity contribution in [1.29, 1.82) is 0 Å². The van der Waals surface area contributed by atoms with Gasteiger partial charge in [0.25, 0.3) is 0 Å². The lowest BCUT2D eigenvalue weighted by atomic mass is 9.79. The van der Waals surface area contributed by atoms with Crippen molar-refractivity contribution in [2.45, 2.75) is 63.1 Å². The van der Waals surface area contributed by atoms with Gasteiger partial charge in [0.2, 0.25) is 5.91 Å². The minimum absolute atomic E-state index is 0.0935. The number of aromatic nitrogens is 1. The second-order valence-electron chi connectivity index (χ2n) is 13.3. The van der Waals surface area contributed by atoms with Crippen molar-refractivity contribution in [3.8, 4) is 16.9 Å². The number of esters is 1. The van der Waals surface area contributed by atoms with Crippen LogP contribution >= 0.6 is 0 Å².